The van der Waals surface area contributed by atoms with Gasteiger partial charge < -0.3 is 10.1 Å². The summed E-state index contributed by atoms with van der Waals surface area (Å²) in [5, 5.41) is 5.56. The van der Waals surface area contributed by atoms with E-state index in [2.05, 4.69) is 5.32 Å². The molecule has 3 aromatic rings. The lowest BCUT2D eigenvalue weighted by Crippen LogP contribution is -2.40. The number of nitrogens with one attached hydrogen (secondary N) is 1. The van der Waals surface area contributed by atoms with Gasteiger partial charge in [-0.25, -0.2) is 14.7 Å². The number of hydrogen-bond donors (Lipinski definition) is 1. The number of methoxy groups -OCH3 is 1. The van der Waals surface area contributed by atoms with E-state index >= 15 is 0 Å². The fraction of sp³-hybridized carbons (Fsp3) is 0.261. The summed E-state index contributed by atoms with van der Waals surface area (Å²) >= 11 is 1.44. The standard InChI is InChI=1S/C23H24N4O2S/c1-29-20-13-8-7-12-18(20)25-22(28)27(21-14-6-3-9-15-24-21)23-26-19(16-30-23)17-10-4-2-5-11-17/h2,4-5,7-8,10-13,16H,3,6,9,14-15H2,1H3,(H,25,28). The quantitative estimate of drug-likeness (QED) is 0.577. The molecule has 1 aromatic heterocycles. The zero-order chi connectivity index (χ0) is 20.8. The molecule has 7 heteroatoms. The molecule has 4 rings (SSSR count). The average molecular weight is 421 g/mol. The molecule has 1 aliphatic heterocycles. The minimum atomic E-state index is -0.283. The monoisotopic (exact) mass is 420 g/mol. The summed E-state index contributed by atoms with van der Waals surface area (Å²) in [5.41, 5.74) is 2.48. The number of carbonyl (C=O) groups excluding carboxylic acids is 1. The van der Waals surface area contributed by atoms with Crippen LogP contribution in [0.1, 0.15) is 25.7 Å². The van der Waals surface area contributed by atoms with Crippen LogP contribution in [-0.2, 0) is 0 Å². The van der Waals surface area contributed by atoms with Gasteiger partial charge in [0.1, 0.15) is 11.6 Å². The molecule has 2 aromatic carbocycles. The summed E-state index contributed by atoms with van der Waals surface area (Å²) < 4.78 is 5.38. The molecule has 0 spiro atoms. The number of carbonyl (C=O) groups is 1. The molecule has 0 atom stereocenters. The van der Waals surface area contributed by atoms with Crippen molar-refractivity contribution in [2.45, 2.75) is 25.7 Å². The first-order chi connectivity index (χ1) is 14.8. The minimum absolute atomic E-state index is 0.283. The maximum Gasteiger partial charge on any atom is 0.333 e. The molecular weight excluding hydrogens is 396 g/mol. The van der Waals surface area contributed by atoms with Gasteiger partial charge >= 0.3 is 6.03 Å². The maximum atomic E-state index is 13.4. The molecule has 154 valence electrons. The largest absolute Gasteiger partial charge is 0.495 e. The highest BCUT2D eigenvalue weighted by Crippen LogP contribution is 2.30. The molecule has 2 amide bonds. The maximum absolute atomic E-state index is 13.4. The van der Waals surface area contributed by atoms with Crippen LogP contribution in [0.4, 0.5) is 15.6 Å². The molecule has 6 nitrogen and oxygen atoms in total. The third-order valence-electron chi connectivity index (χ3n) is 4.92. The molecule has 0 saturated carbocycles. The Hall–Kier alpha value is -3.19. The van der Waals surface area contributed by atoms with Crippen LogP contribution in [0.15, 0.2) is 65.0 Å². The zero-order valence-electron chi connectivity index (χ0n) is 16.9. The van der Waals surface area contributed by atoms with Crippen molar-refractivity contribution < 1.29 is 9.53 Å². The van der Waals surface area contributed by atoms with E-state index in [0.29, 0.717) is 16.6 Å². The average Bonchev–Trinajstić information content (AvgIpc) is 3.11. The van der Waals surface area contributed by atoms with Gasteiger partial charge in [-0.2, -0.15) is 0 Å². The van der Waals surface area contributed by atoms with E-state index in [1.807, 2.05) is 60.0 Å². The number of hydrogen-bond acceptors (Lipinski definition) is 5. The van der Waals surface area contributed by atoms with Gasteiger partial charge in [-0.15, -0.1) is 11.3 Å². The summed E-state index contributed by atoms with van der Waals surface area (Å²) in [4.78, 5) is 24.5. The molecule has 0 unspecified atom stereocenters. The van der Waals surface area contributed by atoms with Crippen LogP contribution in [-0.4, -0.2) is 30.5 Å². The van der Waals surface area contributed by atoms with E-state index in [9.17, 15) is 4.79 Å². The summed E-state index contributed by atoms with van der Waals surface area (Å²) in [7, 11) is 1.59. The number of anilines is 2. The van der Waals surface area contributed by atoms with E-state index in [-0.39, 0.29) is 6.03 Å². The number of rotatable bonds is 4. The number of ether oxygens (including phenoxy) is 1. The fourth-order valence-corrected chi connectivity index (χ4v) is 4.23. The lowest BCUT2D eigenvalue weighted by atomic mass is 10.2. The summed E-state index contributed by atoms with van der Waals surface area (Å²) in [6.07, 6.45) is 3.91. The Bertz CT molecular complexity index is 1030. The van der Waals surface area contributed by atoms with Gasteiger partial charge in [-0.3, -0.25) is 4.99 Å². The van der Waals surface area contributed by atoms with Gasteiger partial charge in [-0.05, 0) is 25.0 Å². The van der Waals surface area contributed by atoms with Gasteiger partial charge in [-0.1, -0.05) is 48.9 Å². The molecule has 0 aliphatic carbocycles. The van der Waals surface area contributed by atoms with Crippen molar-refractivity contribution in [3.8, 4) is 17.0 Å². The van der Waals surface area contributed by atoms with Crippen LogP contribution in [0.5, 0.6) is 5.75 Å². The molecule has 0 fully saturated rings. The number of aliphatic imine (C=N–C) groups is 1. The predicted molar refractivity (Wildman–Crippen MR) is 123 cm³/mol. The Labute approximate surface area is 180 Å². The normalized spacial score (nSPS) is 13.8. The Morgan fingerprint density at radius 3 is 2.70 bits per heavy atom. The number of amides is 2. The molecule has 0 bridgehead atoms. The SMILES string of the molecule is COc1ccccc1NC(=O)N(C1=NCCCCC1)c1nc(-c2ccccc2)cs1. The van der Waals surface area contributed by atoms with Crippen molar-refractivity contribution in [2.24, 2.45) is 4.99 Å². The van der Waals surface area contributed by atoms with Crippen LogP contribution >= 0.6 is 11.3 Å². The van der Waals surface area contributed by atoms with Crippen molar-refractivity contribution in [2.75, 3.05) is 23.9 Å². The molecule has 0 saturated heterocycles. The molecule has 0 radical (unpaired) electrons. The lowest BCUT2D eigenvalue weighted by Gasteiger charge is -2.22. The fourth-order valence-electron chi connectivity index (χ4n) is 3.38. The van der Waals surface area contributed by atoms with E-state index in [1.54, 1.807) is 12.0 Å². The predicted octanol–water partition coefficient (Wildman–Crippen LogP) is 5.83. The Kier molecular flexibility index (Phi) is 6.39. The third kappa shape index (κ3) is 4.52. The highest BCUT2D eigenvalue weighted by molar-refractivity contribution is 7.14. The Morgan fingerprint density at radius 1 is 1.07 bits per heavy atom. The minimum Gasteiger partial charge on any atom is -0.495 e. The van der Waals surface area contributed by atoms with Gasteiger partial charge in [0, 0.05) is 23.9 Å². The first-order valence-electron chi connectivity index (χ1n) is 10.0. The molecule has 2 heterocycles. The van der Waals surface area contributed by atoms with Gasteiger partial charge in [0.25, 0.3) is 0 Å². The smallest absolute Gasteiger partial charge is 0.333 e. The highest BCUT2D eigenvalue weighted by Gasteiger charge is 2.26. The second-order valence-corrected chi connectivity index (χ2v) is 7.79. The number of aromatic nitrogens is 1. The topological polar surface area (TPSA) is 66.8 Å². The Balaban J connectivity index is 1.67. The van der Waals surface area contributed by atoms with E-state index < -0.39 is 0 Å². The molecule has 1 N–H and O–H groups in total. The van der Waals surface area contributed by atoms with Gasteiger partial charge in [0.15, 0.2) is 5.13 Å². The number of urea groups is 1. The molecule has 1 aliphatic rings. The van der Waals surface area contributed by atoms with Crippen LogP contribution in [0, 0.1) is 0 Å². The van der Waals surface area contributed by atoms with Gasteiger partial charge in [0.2, 0.25) is 0 Å². The summed E-state index contributed by atoms with van der Waals surface area (Å²) in [6.45, 7) is 0.727. The summed E-state index contributed by atoms with van der Waals surface area (Å²) in [6, 6.07) is 17.1. The van der Waals surface area contributed by atoms with Crippen molar-refractivity contribution in [1.82, 2.24) is 4.98 Å². The van der Waals surface area contributed by atoms with E-state index in [4.69, 9.17) is 14.7 Å². The number of para-hydroxylation sites is 2. The van der Waals surface area contributed by atoms with Crippen molar-refractivity contribution in [3.63, 3.8) is 0 Å². The van der Waals surface area contributed by atoms with Crippen molar-refractivity contribution in [3.05, 3.63) is 60.0 Å². The second kappa shape index (κ2) is 9.54. The van der Waals surface area contributed by atoms with E-state index in [0.717, 1.165) is 49.3 Å². The second-order valence-electron chi connectivity index (χ2n) is 6.96. The van der Waals surface area contributed by atoms with Crippen LogP contribution in [0.25, 0.3) is 11.3 Å². The first kappa shape index (κ1) is 20.1. The first-order valence-corrected chi connectivity index (χ1v) is 10.9. The molecular formula is C23H24N4O2S. The Morgan fingerprint density at radius 2 is 1.87 bits per heavy atom. The van der Waals surface area contributed by atoms with Crippen molar-refractivity contribution in [1.29, 1.82) is 0 Å². The third-order valence-corrected chi connectivity index (χ3v) is 5.74. The molecule has 30 heavy (non-hydrogen) atoms. The number of benzene rings is 2. The van der Waals surface area contributed by atoms with Crippen molar-refractivity contribution >= 4 is 34.0 Å². The number of nitrogens with zero attached hydrogens (tertiary/aromatic N) is 3. The van der Waals surface area contributed by atoms with Crippen LogP contribution in [0.2, 0.25) is 0 Å². The lowest BCUT2D eigenvalue weighted by molar-refractivity contribution is 0.259. The number of amidine groups is 1. The van der Waals surface area contributed by atoms with Gasteiger partial charge in [0.05, 0.1) is 18.5 Å². The summed E-state index contributed by atoms with van der Waals surface area (Å²) in [5.74, 6) is 1.37. The van der Waals surface area contributed by atoms with E-state index in [1.165, 1.54) is 11.3 Å². The zero-order valence-corrected chi connectivity index (χ0v) is 17.7. The number of thiazole rings is 1. The highest BCUT2D eigenvalue weighted by atomic mass is 32.1. The van der Waals surface area contributed by atoms with Crippen LogP contribution in [0.3, 0.4) is 0 Å². The van der Waals surface area contributed by atoms with Crippen LogP contribution < -0.4 is 15.0 Å².